The van der Waals surface area contributed by atoms with Gasteiger partial charge in [-0.3, -0.25) is 4.79 Å². The van der Waals surface area contributed by atoms with Crippen LogP contribution in [-0.4, -0.2) is 29.6 Å². The lowest BCUT2D eigenvalue weighted by Gasteiger charge is -2.17. The Hall–Kier alpha value is -3.80. The van der Waals surface area contributed by atoms with Crippen LogP contribution in [0.4, 0.5) is 0 Å². The molecule has 0 bridgehead atoms. The summed E-state index contributed by atoms with van der Waals surface area (Å²) in [5.74, 6) is -0.847. The Balaban J connectivity index is 1.62. The number of benzene rings is 2. The summed E-state index contributed by atoms with van der Waals surface area (Å²) in [5.41, 5.74) is 3.85. The van der Waals surface area contributed by atoms with Crippen LogP contribution >= 0.6 is 0 Å². The Bertz CT molecular complexity index is 1150. The van der Waals surface area contributed by atoms with Crippen molar-refractivity contribution in [3.63, 3.8) is 0 Å². The monoisotopic (exact) mass is 402 g/mol. The predicted octanol–water partition coefficient (Wildman–Crippen LogP) is 3.80. The first-order valence-electron chi connectivity index (χ1n) is 9.69. The highest BCUT2D eigenvalue weighted by atomic mass is 16.5. The van der Waals surface area contributed by atoms with Crippen molar-refractivity contribution in [2.45, 2.75) is 19.0 Å². The molecule has 152 valence electrons. The second-order valence-corrected chi connectivity index (χ2v) is 7.01. The zero-order chi connectivity index (χ0) is 20.9. The van der Waals surface area contributed by atoms with Gasteiger partial charge in [-0.2, -0.15) is 0 Å². The molecule has 1 atom stereocenters. The van der Waals surface area contributed by atoms with E-state index in [1.807, 2.05) is 71.3 Å². The summed E-state index contributed by atoms with van der Waals surface area (Å²) in [7, 11) is 1.32. The third-order valence-electron chi connectivity index (χ3n) is 5.01. The van der Waals surface area contributed by atoms with Gasteiger partial charge in [0.05, 0.1) is 18.9 Å². The highest BCUT2D eigenvalue weighted by Crippen LogP contribution is 2.23. The van der Waals surface area contributed by atoms with Crippen LogP contribution in [0.25, 0.3) is 11.1 Å². The third kappa shape index (κ3) is 4.12. The van der Waals surface area contributed by atoms with Crippen molar-refractivity contribution in [1.29, 1.82) is 0 Å². The van der Waals surface area contributed by atoms with Gasteiger partial charge in [-0.15, -0.1) is 0 Å². The topological polar surface area (TPSA) is 73.5 Å². The van der Waals surface area contributed by atoms with Gasteiger partial charge in [0.2, 0.25) is 0 Å². The number of fused-ring (bicyclic) bond motifs is 1. The number of hydrogen-bond acceptors (Lipinski definition) is 4. The van der Waals surface area contributed by atoms with Gasteiger partial charge < -0.3 is 19.0 Å². The summed E-state index contributed by atoms with van der Waals surface area (Å²) >= 11 is 0. The average Bonchev–Trinajstić information content (AvgIpc) is 3.37. The lowest BCUT2D eigenvalue weighted by atomic mass is 10.1. The smallest absolute Gasteiger partial charge is 0.328 e. The molecule has 30 heavy (non-hydrogen) atoms. The molecular weight excluding hydrogens is 380 g/mol. The maximum Gasteiger partial charge on any atom is 0.328 e. The number of amides is 1. The van der Waals surface area contributed by atoms with Crippen molar-refractivity contribution >= 4 is 23.0 Å². The molecular formula is C24H22N2O4. The molecule has 0 radical (unpaired) electrons. The van der Waals surface area contributed by atoms with Gasteiger partial charge in [0.15, 0.2) is 5.58 Å². The van der Waals surface area contributed by atoms with E-state index in [0.717, 1.165) is 16.6 Å². The van der Waals surface area contributed by atoms with E-state index >= 15 is 0 Å². The van der Waals surface area contributed by atoms with Crippen LogP contribution in [-0.2, 0) is 22.5 Å². The molecule has 0 aliphatic carbocycles. The van der Waals surface area contributed by atoms with E-state index in [9.17, 15) is 9.59 Å². The molecule has 2 heterocycles. The first kappa shape index (κ1) is 19.5. The summed E-state index contributed by atoms with van der Waals surface area (Å²) in [4.78, 5) is 25.5. The number of carbonyl (C=O) groups is 2. The summed E-state index contributed by atoms with van der Waals surface area (Å²) in [6, 6.07) is 22.1. The Morgan fingerprint density at radius 1 is 1.00 bits per heavy atom. The molecule has 1 amide bonds. The average molecular weight is 402 g/mol. The molecule has 2 aromatic carbocycles. The standard InChI is InChI=1S/C24H22N2O4/c1-29-24(28)19(14-17-8-4-2-5-9-17)25-23(27)21-15-22-20(12-13-30-22)26(21)16-18-10-6-3-7-11-18/h2-13,15,19H,14,16H2,1H3,(H,25,27). The lowest BCUT2D eigenvalue weighted by molar-refractivity contribution is -0.142. The number of nitrogens with one attached hydrogen (secondary N) is 1. The van der Waals surface area contributed by atoms with Crippen molar-refractivity contribution in [3.05, 3.63) is 95.9 Å². The summed E-state index contributed by atoms with van der Waals surface area (Å²) in [6.45, 7) is 0.508. The molecule has 1 unspecified atom stereocenters. The highest BCUT2D eigenvalue weighted by Gasteiger charge is 2.25. The molecule has 1 N–H and O–H groups in total. The maximum atomic E-state index is 13.2. The van der Waals surface area contributed by atoms with Gasteiger partial charge in [-0.25, -0.2) is 4.79 Å². The predicted molar refractivity (Wildman–Crippen MR) is 113 cm³/mol. The quantitative estimate of drug-likeness (QED) is 0.477. The van der Waals surface area contributed by atoms with Crippen LogP contribution in [0.1, 0.15) is 21.6 Å². The molecule has 4 rings (SSSR count). The fourth-order valence-corrected chi connectivity index (χ4v) is 3.52. The molecule has 4 aromatic rings. The van der Waals surface area contributed by atoms with E-state index in [0.29, 0.717) is 24.2 Å². The van der Waals surface area contributed by atoms with E-state index in [4.69, 9.17) is 9.15 Å². The van der Waals surface area contributed by atoms with Gasteiger partial charge in [0.1, 0.15) is 11.7 Å². The Kier molecular flexibility index (Phi) is 5.66. The lowest BCUT2D eigenvalue weighted by Crippen LogP contribution is -2.43. The number of nitrogens with zero attached hydrogens (tertiary/aromatic N) is 1. The van der Waals surface area contributed by atoms with Gasteiger partial charge in [-0.1, -0.05) is 60.7 Å². The van der Waals surface area contributed by atoms with Crippen LogP contribution in [0.15, 0.2) is 83.5 Å². The van der Waals surface area contributed by atoms with E-state index in [1.165, 1.54) is 7.11 Å². The molecule has 0 saturated heterocycles. The van der Waals surface area contributed by atoms with Crippen LogP contribution in [0.5, 0.6) is 0 Å². The minimum Gasteiger partial charge on any atom is -0.467 e. The number of aromatic nitrogens is 1. The van der Waals surface area contributed by atoms with Gasteiger partial charge in [0.25, 0.3) is 5.91 Å². The molecule has 0 aliphatic heterocycles. The van der Waals surface area contributed by atoms with E-state index < -0.39 is 12.0 Å². The van der Waals surface area contributed by atoms with Crippen molar-refractivity contribution in [2.75, 3.05) is 7.11 Å². The van der Waals surface area contributed by atoms with Crippen molar-refractivity contribution in [2.24, 2.45) is 0 Å². The summed E-state index contributed by atoms with van der Waals surface area (Å²) < 4.78 is 12.3. The largest absolute Gasteiger partial charge is 0.467 e. The van der Waals surface area contributed by atoms with Crippen molar-refractivity contribution in [1.82, 2.24) is 9.88 Å². The molecule has 2 aromatic heterocycles. The fraction of sp³-hybridized carbons (Fsp3) is 0.167. The SMILES string of the molecule is COC(=O)C(Cc1ccccc1)NC(=O)c1cc2occc2n1Cc1ccccc1. The van der Waals surface area contributed by atoms with Crippen LogP contribution in [0.3, 0.4) is 0 Å². The zero-order valence-electron chi connectivity index (χ0n) is 16.6. The minimum absolute atomic E-state index is 0.342. The molecule has 0 aliphatic rings. The van der Waals surface area contributed by atoms with Gasteiger partial charge in [0, 0.05) is 25.1 Å². The number of methoxy groups -OCH3 is 1. The fourth-order valence-electron chi connectivity index (χ4n) is 3.52. The first-order valence-corrected chi connectivity index (χ1v) is 9.69. The number of hydrogen-bond donors (Lipinski definition) is 1. The zero-order valence-corrected chi connectivity index (χ0v) is 16.6. The Labute approximate surface area is 174 Å². The maximum absolute atomic E-state index is 13.2. The summed E-state index contributed by atoms with van der Waals surface area (Å²) in [5, 5.41) is 2.83. The van der Waals surface area contributed by atoms with Crippen LogP contribution in [0.2, 0.25) is 0 Å². The minimum atomic E-state index is -0.795. The van der Waals surface area contributed by atoms with E-state index in [2.05, 4.69) is 5.32 Å². The number of carbonyl (C=O) groups excluding carboxylic acids is 2. The van der Waals surface area contributed by atoms with Gasteiger partial charge >= 0.3 is 5.97 Å². The molecule has 0 saturated carbocycles. The Morgan fingerprint density at radius 3 is 2.33 bits per heavy atom. The number of rotatable bonds is 7. The summed E-state index contributed by atoms with van der Waals surface area (Å²) in [6.07, 6.45) is 1.94. The van der Waals surface area contributed by atoms with Crippen LogP contribution in [0, 0.1) is 0 Å². The van der Waals surface area contributed by atoms with Crippen molar-refractivity contribution in [3.8, 4) is 0 Å². The Morgan fingerprint density at radius 2 is 1.67 bits per heavy atom. The second kappa shape index (κ2) is 8.69. The number of ether oxygens (including phenoxy) is 1. The van der Waals surface area contributed by atoms with Crippen molar-refractivity contribution < 1.29 is 18.7 Å². The highest BCUT2D eigenvalue weighted by molar-refractivity contribution is 5.99. The molecule has 0 fully saturated rings. The molecule has 6 heteroatoms. The third-order valence-corrected chi connectivity index (χ3v) is 5.01. The first-order chi connectivity index (χ1) is 14.7. The van der Waals surface area contributed by atoms with Gasteiger partial charge in [-0.05, 0) is 11.1 Å². The molecule has 6 nitrogen and oxygen atoms in total. The van der Waals surface area contributed by atoms with E-state index in [1.54, 1.807) is 12.3 Å². The van der Waals surface area contributed by atoms with Crippen LogP contribution < -0.4 is 5.32 Å². The second-order valence-electron chi connectivity index (χ2n) is 7.01. The molecule has 0 spiro atoms. The number of furan rings is 1. The van der Waals surface area contributed by atoms with E-state index in [-0.39, 0.29) is 5.91 Å². The number of esters is 1. The normalized spacial score (nSPS) is 11.9.